The molecule has 0 radical (unpaired) electrons. The number of thioether (sulfide) groups is 1. The molecule has 5 rings (SSSR count). The van der Waals surface area contributed by atoms with E-state index in [0.717, 1.165) is 25.5 Å². The third-order valence-corrected chi connectivity index (χ3v) is 7.74. The molecule has 130 valence electrons. The van der Waals surface area contributed by atoms with E-state index >= 15 is 0 Å². The van der Waals surface area contributed by atoms with Gasteiger partial charge in [0, 0.05) is 20.8 Å². The van der Waals surface area contributed by atoms with Gasteiger partial charge in [-0.3, -0.25) is 9.59 Å². The molecule has 0 saturated carbocycles. The highest BCUT2D eigenvalue weighted by Gasteiger charge is 2.49. The van der Waals surface area contributed by atoms with Crippen molar-refractivity contribution in [3.63, 3.8) is 0 Å². The van der Waals surface area contributed by atoms with Gasteiger partial charge < -0.3 is 9.72 Å². The summed E-state index contributed by atoms with van der Waals surface area (Å²) in [5, 5.41) is 0.745. The van der Waals surface area contributed by atoms with Crippen molar-refractivity contribution >= 4 is 45.0 Å². The van der Waals surface area contributed by atoms with E-state index in [0.29, 0.717) is 5.75 Å². The molecule has 3 atom stereocenters. The minimum absolute atomic E-state index is 0.0922. The molecule has 7 heteroatoms. The van der Waals surface area contributed by atoms with Crippen LogP contribution < -0.4 is 9.61 Å². The first kappa shape index (κ1) is 16.4. The van der Waals surface area contributed by atoms with Crippen LogP contribution in [0.3, 0.4) is 0 Å². The number of fused-ring (bicyclic) bond motifs is 5. The highest BCUT2D eigenvalue weighted by atomic mass is 79.9. The van der Waals surface area contributed by atoms with Gasteiger partial charge in [-0.2, -0.15) is 0 Å². The van der Waals surface area contributed by atoms with Crippen molar-refractivity contribution in [3.8, 4) is 5.75 Å². The van der Waals surface area contributed by atoms with Crippen LogP contribution in [0.4, 0.5) is 0 Å². The molecular formula is C19H12BrNO3S2. The van der Waals surface area contributed by atoms with Crippen LogP contribution >= 0.6 is 39.0 Å². The fourth-order valence-corrected chi connectivity index (χ4v) is 6.67. The lowest BCUT2D eigenvalue weighted by Gasteiger charge is -2.39. The minimum Gasteiger partial charge on any atom is -0.426 e. The Bertz CT molecular complexity index is 1080. The molecule has 0 fully saturated rings. The molecule has 0 amide bonds. The molecule has 26 heavy (non-hydrogen) atoms. The number of esters is 1. The Morgan fingerprint density at radius 3 is 2.69 bits per heavy atom. The molecule has 1 N–H and O–H groups in total. The Labute approximate surface area is 165 Å². The zero-order chi connectivity index (χ0) is 17.8. The van der Waals surface area contributed by atoms with Gasteiger partial charge in [0.15, 0.2) is 0 Å². The number of hydrogen-bond donors (Lipinski definition) is 1. The van der Waals surface area contributed by atoms with Crippen LogP contribution in [0, 0.1) is 5.92 Å². The van der Waals surface area contributed by atoms with Gasteiger partial charge in [0.1, 0.15) is 5.75 Å². The maximum Gasteiger partial charge on any atom is 0.316 e. The van der Waals surface area contributed by atoms with Crippen molar-refractivity contribution in [1.29, 1.82) is 0 Å². The molecule has 2 aliphatic rings. The third-order valence-electron chi connectivity index (χ3n) is 4.77. The number of thiazole rings is 1. The lowest BCUT2D eigenvalue weighted by atomic mass is 9.78. The first-order chi connectivity index (χ1) is 12.6. The van der Waals surface area contributed by atoms with Crippen molar-refractivity contribution in [2.75, 3.05) is 0 Å². The predicted octanol–water partition coefficient (Wildman–Crippen LogP) is 4.71. The predicted molar refractivity (Wildman–Crippen MR) is 105 cm³/mol. The van der Waals surface area contributed by atoms with Gasteiger partial charge >= 0.3 is 10.8 Å². The molecule has 0 spiro atoms. The van der Waals surface area contributed by atoms with Crippen molar-refractivity contribution in [2.45, 2.75) is 16.2 Å². The number of ether oxygens (including phenoxy) is 1. The number of nitrogens with one attached hydrogen (secondary N) is 1. The summed E-state index contributed by atoms with van der Waals surface area (Å²) >= 11 is 6.25. The van der Waals surface area contributed by atoms with Crippen molar-refractivity contribution in [3.05, 3.63) is 78.7 Å². The molecule has 0 unspecified atom stereocenters. The maximum absolute atomic E-state index is 12.9. The Kier molecular flexibility index (Phi) is 3.84. The molecular weight excluding hydrogens is 434 g/mol. The minimum atomic E-state index is -0.372. The fraction of sp³-hybridized carbons (Fsp3) is 0.158. The number of carbonyl (C=O) groups excluding carboxylic acids is 1. The van der Waals surface area contributed by atoms with Crippen LogP contribution in [-0.2, 0) is 4.79 Å². The molecule has 0 saturated heterocycles. The maximum atomic E-state index is 12.9. The molecule has 2 aromatic carbocycles. The van der Waals surface area contributed by atoms with E-state index in [2.05, 4.69) is 20.9 Å². The summed E-state index contributed by atoms with van der Waals surface area (Å²) in [4.78, 5) is 28.8. The van der Waals surface area contributed by atoms with Gasteiger partial charge in [-0.25, -0.2) is 0 Å². The van der Waals surface area contributed by atoms with Crippen LogP contribution in [0.15, 0.2) is 62.8 Å². The number of rotatable bonds is 1. The number of carbonyl (C=O) groups is 1. The summed E-state index contributed by atoms with van der Waals surface area (Å²) < 4.78 is 6.60. The summed E-state index contributed by atoms with van der Waals surface area (Å²) in [7, 11) is 0. The SMILES string of the molecule is O=C1Oc2ccc(Br)cc2[C@H]2c3sc(=O)[nH]c3S[C@H](c3ccccc3)[C@@H]12. The normalized spacial score (nSPS) is 23.6. The van der Waals surface area contributed by atoms with Crippen LogP contribution in [-0.4, -0.2) is 11.0 Å². The highest BCUT2D eigenvalue weighted by Crippen LogP contribution is 2.58. The van der Waals surface area contributed by atoms with E-state index in [4.69, 9.17) is 4.74 Å². The van der Waals surface area contributed by atoms with E-state index < -0.39 is 0 Å². The van der Waals surface area contributed by atoms with Crippen LogP contribution in [0.5, 0.6) is 5.75 Å². The van der Waals surface area contributed by atoms with E-state index in [-0.39, 0.29) is 27.9 Å². The quantitative estimate of drug-likeness (QED) is 0.435. The second-order valence-corrected chi connectivity index (χ2v) is 9.35. The highest BCUT2D eigenvalue weighted by molar-refractivity contribution is 9.10. The third kappa shape index (κ3) is 2.49. The second kappa shape index (κ2) is 6.11. The van der Waals surface area contributed by atoms with Crippen LogP contribution in [0.2, 0.25) is 0 Å². The number of aromatic amines is 1. The number of halogens is 1. The Morgan fingerprint density at radius 1 is 1.08 bits per heavy atom. The molecule has 2 aliphatic heterocycles. The van der Waals surface area contributed by atoms with Gasteiger partial charge in [0.25, 0.3) is 0 Å². The summed E-state index contributed by atoms with van der Waals surface area (Å²) in [6, 6.07) is 15.6. The van der Waals surface area contributed by atoms with E-state index in [1.807, 2.05) is 48.5 Å². The van der Waals surface area contributed by atoms with Gasteiger partial charge in [0.05, 0.1) is 16.2 Å². The van der Waals surface area contributed by atoms with Crippen molar-refractivity contribution in [2.24, 2.45) is 5.92 Å². The summed E-state index contributed by atoms with van der Waals surface area (Å²) in [6.45, 7) is 0. The van der Waals surface area contributed by atoms with Gasteiger partial charge in [-0.1, -0.05) is 69.4 Å². The number of H-pyrrole nitrogens is 1. The number of benzene rings is 2. The lowest BCUT2D eigenvalue weighted by Crippen LogP contribution is -2.37. The average molecular weight is 446 g/mol. The molecule has 3 aromatic rings. The van der Waals surface area contributed by atoms with Gasteiger partial charge in [-0.05, 0) is 23.8 Å². The zero-order valence-corrected chi connectivity index (χ0v) is 16.5. The molecule has 3 heterocycles. The number of hydrogen-bond acceptors (Lipinski definition) is 5. The topological polar surface area (TPSA) is 59.2 Å². The van der Waals surface area contributed by atoms with Crippen molar-refractivity contribution in [1.82, 2.24) is 4.98 Å². The Hall–Kier alpha value is -1.83. The first-order valence-corrected chi connectivity index (χ1v) is 10.6. The molecule has 1 aromatic heterocycles. The fourth-order valence-electron chi connectivity index (χ4n) is 3.70. The second-order valence-electron chi connectivity index (χ2n) is 6.26. The molecule has 4 nitrogen and oxygen atoms in total. The van der Waals surface area contributed by atoms with E-state index in [1.54, 1.807) is 11.8 Å². The van der Waals surface area contributed by atoms with E-state index in [1.165, 1.54) is 11.3 Å². The summed E-state index contributed by atoms with van der Waals surface area (Å²) in [5.74, 6) is -0.222. The smallest absolute Gasteiger partial charge is 0.316 e. The number of aromatic nitrogens is 1. The van der Waals surface area contributed by atoms with Crippen LogP contribution in [0.25, 0.3) is 0 Å². The monoisotopic (exact) mass is 445 g/mol. The molecule has 0 aliphatic carbocycles. The van der Waals surface area contributed by atoms with Crippen LogP contribution in [0.1, 0.15) is 27.2 Å². The zero-order valence-electron chi connectivity index (χ0n) is 13.3. The Balaban J connectivity index is 1.76. The van der Waals surface area contributed by atoms with Gasteiger partial charge in [-0.15, -0.1) is 0 Å². The summed E-state index contributed by atoms with van der Waals surface area (Å²) in [6.07, 6.45) is 0. The summed E-state index contributed by atoms with van der Waals surface area (Å²) in [5.41, 5.74) is 2.00. The van der Waals surface area contributed by atoms with Crippen molar-refractivity contribution < 1.29 is 9.53 Å². The average Bonchev–Trinajstić information content (AvgIpc) is 3.02. The van der Waals surface area contributed by atoms with E-state index in [9.17, 15) is 9.59 Å². The standard InChI is InChI=1S/C19H12BrNO3S2/c20-10-6-7-12-11(8-10)13-14(18(22)24-12)15(9-4-2-1-3-5-9)25-17-16(13)26-19(23)21-17/h1-8,13-15H,(H,21,23)/t13-,14+,15-/m1/s1. The first-order valence-electron chi connectivity index (χ1n) is 8.07. The lowest BCUT2D eigenvalue weighted by molar-refractivity contribution is -0.140. The van der Waals surface area contributed by atoms with Gasteiger partial charge in [0.2, 0.25) is 0 Å². The largest absolute Gasteiger partial charge is 0.426 e. The molecule has 0 bridgehead atoms. The Morgan fingerprint density at radius 2 is 1.88 bits per heavy atom.